The summed E-state index contributed by atoms with van der Waals surface area (Å²) in [5.74, 6) is 0. The van der Waals surface area contributed by atoms with Crippen molar-refractivity contribution in [2.75, 3.05) is 18.9 Å². The SMILES string of the molecule is CCNc1ccncc1S(=O)(=O)N(C)C(C)(C)CC. The van der Waals surface area contributed by atoms with Gasteiger partial charge in [-0.2, -0.15) is 4.31 Å². The van der Waals surface area contributed by atoms with Crippen LogP contribution in [0.1, 0.15) is 34.1 Å². The van der Waals surface area contributed by atoms with Gasteiger partial charge in [-0.1, -0.05) is 6.92 Å². The minimum absolute atomic E-state index is 0.223. The molecule has 0 fully saturated rings. The van der Waals surface area contributed by atoms with Crippen LogP contribution in [0.5, 0.6) is 0 Å². The molecule has 1 aromatic heterocycles. The number of rotatable bonds is 6. The summed E-state index contributed by atoms with van der Waals surface area (Å²) in [4.78, 5) is 4.16. The first-order valence-corrected chi connectivity index (χ1v) is 7.88. The van der Waals surface area contributed by atoms with E-state index in [-0.39, 0.29) is 4.90 Å². The molecule has 0 aromatic carbocycles. The van der Waals surface area contributed by atoms with Crippen molar-refractivity contribution in [2.24, 2.45) is 0 Å². The molecule has 0 saturated carbocycles. The summed E-state index contributed by atoms with van der Waals surface area (Å²) >= 11 is 0. The molecule has 6 heteroatoms. The van der Waals surface area contributed by atoms with E-state index >= 15 is 0 Å². The van der Waals surface area contributed by atoms with Crippen molar-refractivity contribution < 1.29 is 8.42 Å². The van der Waals surface area contributed by atoms with Crippen molar-refractivity contribution in [3.8, 4) is 0 Å². The molecule has 0 bridgehead atoms. The normalized spacial score (nSPS) is 12.7. The average molecular weight is 285 g/mol. The Balaban J connectivity index is 3.28. The molecule has 0 aliphatic rings. The van der Waals surface area contributed by atoms with Crippen LogP contribution in [0.4, 0.5) is 5.69 Å². The molecular formula is C13H23N3O2S. The molecule has 5 nitrogen and oxygen atoms in total. The number of nitrogens with zero attached hydrogens (tertiary/aromatic N) is 2. The highest BCUT2D eigenvalue weighted by Gasteiger charge is 2.34. The quantitative estimate of drug-likeness (QED) is 0.871. The Bertz CT molecular complexity index is 526. The predicted molar refractivity (Wildman–Crippen MR) is 77.7 cm³/mol. The molecular weight excluding hydrogens is 262 g/mol. The molecule has 0 unspecified atom stereocenters. The zero-order valence-corrected chi connectivity index (χ0v) is 13.1. The smallest absolute Gasteiger partial charge is 0.246 e. The van der Waals surface area contributed by atoms with Crippen LogP contribution in [0, 0.1) is 0 Å². The van der Waals surface area contributed by atoms with Gasteiger partial charge in [0.2, 0.25) is 10.0 Å². The summed E-state index contributed by atoms with van der Waals surface area (Å²) in [5, 5.41) is 3.06. The van der Waals surface area contributed by atoms with Crippen molar-refractivity contribution in [2.45, 2.75) is 44.6 Å². The van der Waals surface area contributed by atoms with E-state index in [2.05, 4.69) is 10.3 Å². The highest BCUT2D eigenvalue weighted by molar-refractivity contribution is 7.89. The van der Waals surface area contributed by atoms with Crippen LogP contribution in [0.25, 0.3) is 0 Å². The fraction of sp³-hybridized carbons (Fsp3) is 0.615. The van der Waals surface area contributed by atoms with Gasteiger partial charge in [0.1, 0.15) is 4.90 Å². The summed E-state index contributed by atoms with van der Waals surface area (Å²) in [5.41, 5.74) is 0.161. The van der Waals surface area contributed by atoms with Gasteiger partial charge in [-0.25, -0.2) is 8.42 Å². The lowest BCUT2D eigenvalue weighted by Crippen LogP contribution is -2.44. The number of aromatic nitrogens is 1. The van der Waals surface area contributed by atoms with Gasteiger partial charge in [-0.05, 0) is 33.3 Å². The number of hydrogen-bond acceptors (Lipinski definition) is 4. The summed E-state index contributed by atoms with van der Waals surface area (Å²) in [6.07, 6.45) is 3.72. The van der Waals surface area contributed by atoms with Crippen LogP contribution in [-0.4, -0.2) is 36.8 Å². The second-order valence-corrected chi connectivity index (χ2v) is 6.98. The highest BCUT2D eigenvalue weighted by Crippen LogP contribution is 2.28. The Morgan fingerprint density at radius 2 is 2.00 bits per heavy atom. The van der Waals surface area contributed by atoms with Gasteiger partial charge in [-0.3, -0.25) is 4.98 Å². The Labute approximate surface area is 116 Å². The zero-order valence-electron chi connectivity index (χ0n) is 12.3. The van der Waals surface area contributed by atoms with Crippen LogP contribution in [0.3, 0.4) is 0 Å². The lowest BCUT2D eigenvalue weighted by Gasteiger charge is -2.34. The number of pyridine rings is 1. The lowest BCUT2D eigenvalue weighted by atomic mass is 10.0. The van der Waals surface area contributed by atoms with Crippen molar-refractivity contribution in [3.63, 3.8) is 0 Å². The van der Waals surface area contributed by atoms with E-state index < -0.39 is 15.6 Å². The molecule has 19 heavy (non-hydrogen) atoms. The van der Waals surface area contributed by atoms with Crippen LogP contribution < -0.4 is 5.32 Å². The second kappa shape index (κ2) is 5.88. The van der Waals surface area contributed by atoms with Crippen LogP contribution >= 0.6 is 0 Å². The Hall–Kier alpha value is -1.14. The molecule has 1 N–H and O–H groups in total. The molecule has 0 amide bonds. The van der Waals surface area contributed by atoms with Crippen molar-refractivity contribution in [1.82, 2.24) is 9.29 Å². The van der Waals surface area contributed by atoms with E-state index in [1.165, 1.54) is 10.5 Å². The maximum absolute atomic E-state index is 12.7. The molecule has 0 atom stereocenters. The van der Waals surface area contributed by atoms with Gasteiger partial charge in [0.05, 0.1) is 5.69 Å². The maximum atomic E-state index is 12.7. The van der Waals surface area contributed by atoms with Crippen molar-refractivity contribution in [3.05, 3.63) is 18.5 Å². The molecule has 0 aliphatic carbocycles. The number of sulfonamides is 1. The first kappa shape index (κ1) is 15.9. The topological polar surface area (TPSA) is 62.3 Å². The summed E-state index contributed by atoms with van der Waals surface area (Å²) in [6.45, 7) is 8.38. The van der Waals surface area contributed by atoms with Gasteiger partial charge in [0.15, 0.2) is 0 Å². The lowest BCUT2D eigenvalue weighted by molar-refractivity contribution is 0.257. The summed E-state index contributed by atoms with van der Waals surface area (Å²) in [6, 6.07) is 1.68. The average Bonchev–Trinajstić information content (AvgIpc) is 2.38. The van der Waals surface area contributed by atoms with Crippen molar-refractivity contribution >= 4 is 15.7 Å². The molecule has 0 spiro atoms. The number of anilines is 1. The minimum atomic E-state index is -3.55. The van der Waals surface area contributed by atoms with E-state index in [4.69, 9.17) is 0 Å². The molecule has 1 heterocycles. The van der Waals surface area contributed by atoms with Crippen LogP contribution in [0.2, 0.25) is 0 Å². The fourth-order valence-electron chi connectivity index (χ4n) is 1.62. The zero-order chi connectivity index (χ0) is 14.7. The predicted octanol–water partition coefficient (Wildman–Crippen LogP) is 2.32. The Kier molecular flexibility index (Phi) is 4.92. The summed E-state index contributed by atoms with van der Waals surface area (Å²) < 4.78 is 26.8. The van der Waals surface area contributed by atoms with Gasteiger partial charge >= 0.3 is 0 Å². The van der Waals surface area contributed by atoms with Crippen molar-refractivity contribution in [1.29, 1.82) is 0 Å². The van der Waals surface area contributed by atoms with Gasteiger partial charge in [0, 0.05) is 31.5 Å². The molecule has 1 aromatic rings. The second-order valence-electron chi connectivity index (χ2n) is 5.04. The van der Waals surface area contributed by atoms with E-state index in [0.717, 1.165) is 6.42 Å². The molecule has 1 rings (SSSR count). The van der Waals surface area contributed by atoms with Gasteiger partial charge in [-0.15, -0.1) is 0 Å². The largest absolute Gasteiger partial charge is 0.384 e. The molecule has 108 valence electrons. The first-order valence-electron chi connectivity index (χ1n) is 6.44. The third-order valence-electron chi connectivity index (χ3n) is 3.51. The molecule has 0 saturated heterocycles. The first-order chi connectivity index (χ1) is 8.77. The molecule has 0 radical (unpaired) electrons. The monoisotopic (exact) mass is 285 g/mol. The standard InChI is InChI=1S/C13H23N3O2S/c1-6-13(3,4)16(5)19(17,18)12-10-14-9-8-11(12)15-7-2/h8-10H,6-7H2,1-5H3,(H,14,15). The highest BCUT2D eigenvalue weighted by atomic mass is 32.2. The number of hydrogen-bond donors (Lipinski definition) is 1. The van der Waals surface area contributed by atoms with E-state index in [1.54, 1.807) is 19.3 Å². The maximum Gasteiger partial charge on any atom is 0.246 e. The minimum Gasteiger partial charge on any atom is -0.384 e. The summed E-state index contributed by atoms with van der Waals surface area (Å²) in [7, 11) is -1.94. The van der Waals surface area contributed by atoms with E-state index in [1.807, 2.05) is 27.7 Å². The van der Waals surface area contributed by atoms with Crippen LogP contribution in [-0.2, 0) is 10.0 Å². The fourth-order valence-corrected chi connectivity index (χ4v) is 3.30. The Morgan fingerprint density at radius 3 is 2.53 bits per heavy atom. The third-order valence-corrected chi connectivity index (χ3v) is 5.60. The third kappa shape index (κ3) is 3.25. The Morgan fingerprint density at radius 1 is 1.37 bits per heavy atom. The van der Waals surface area contributed by atoms with E-state index in [9.17, 15) is 8.42 Å². The molecule has 0 aliphatic heterocycles. The number of nitrogens with one attached hydrogen (secondary N) is 1. The van der Waals surface area contributed by atoms with E-state index in [0.29, 0.717) is 12.2 Å². The van der Waals surface area contributed by atoms with Gasteiger partial charge in [0.25, 0.3) is 0 Å². The van der Waals surface area contributed by atoms with Crippen LogP contribution in [0.15, 0.2) is 23.4 Å². The van der Waals surface area contributed by atoms with Gasteiger partial charge < -0.3 is 5.32 Å².